The molecule has 5 rings (SSSR count). The largest absolute Gasteiger partial charge is 0.507 e. The van der Waals surface area contributed by atoms with Crippen molar-refractivity contribution in [3.05, 3.63) is 51.6 Å². The molecular weight excluding hydrogens is 500 g/mol. The van der Waals surface area contributed by atoms with E-state index in [0.717, 1.165) is 0 Å². The van der Waals surface area contributed by atoms with Crippen LogP contribution in [-0.2, 0) is 20.6 Å². The minimum atomic E-state index is -1.33. The van der Waals surface area contributed by atoms with Crippen molar-refractivity contribution in [1.82, 2.24) is 0 Å². The summed E-state index contributed by atoms with van der Waals surface area (Å²) in [5.41, 5.74) is -1.42. The molecule has 2 aromatic rings. The lowest BCUT2D eigenvalue weighted by molar-refractivity contribution is -0.313. The van der Waals surface area contributed by atoms with Gasteiger partial charge in [-0.25, -0.2) is 0 Å². The van der Waals surface area contributed by atoms with Crippen LogP contribution in [0.5, 0.6) is 17.2 Å². The Bertz CT molecular complexity index is 1320. The molecule has 0 spiro atoms. The predicted octanol–water partition coefficient (Wildman–Crippen LogP) is 1.12. The number of aromatic hydroxyl groups is 2. The number of fused-ring (bicyclic) bond motifs is 3. The molecule has 0 aromatic heterocycles. The second-order valence-electron chi connectivity index (χ2n) is 10.3. The Morgan fingerprint density at radius 1 is 1.00 bits per heavy atom. The average molecular weight is 531 g/mol. The minimum Gasteiger partial charge on any atom is -0.507 e. The number of ether oxygens (including phenoxy) is 4. The SMILES string of the molecule is COc1cc(O)c2c(c1)C(=O)c1cc3c(c(O)c1C2=O)[C@@H](OC1OC(C)C(O)C(O)C1OC)C[C@](C)(O)C3. The third-order valence-corrected chi connectivity index (χ3v) is 7.57. The van der Waals surface area contributed by atoms with E-state index in [-0.39, 0.29) is 46.4 Å². The molecule has 38 heavy (non-hydrogen) atoms. The van der Waals surface area contributed by atoms with Crippen molar-refractivity contribution in [2.24, 2.45) is 0 Å². The Labute approximate surface area is 218 Å². The standard InChI is InChI=1S/C27H30O11/c1-10-20(29)24(33)25(36-4)26(37-10)38-16-9-27(2,34)8-11-5-13-19(22(31)17(11)16)23(32)18-14(21(13)30)6-12(35-3)7-15(18)28/h5-7,10,16,20,24-26,28-29,31,33-34H,8-9H2,1-4H3/t10?,16-,20?,24?,25?,26?,27+/m0/s1. The molecule has 0 bridgehead atoms. The molecular formula is C27H30O11. The highest BCUT2D eigenvalue weighted by atomic mass is 16.7. The van der Waals surface area contributed by atoms with Gasteiger partial charge in [-0.05, 0) is 31.5 Å². The first kappa shape index (κ1) is 26.5. The van der Waals surface area contributed by atoms with Gasteiger partial charge in [0.25, 0.3) is 0 Å². The van der Waals surface area contributed by atoms with Gasteiger partial charge in [-0.2, -0.15) is 0 Å². The maximum absolute atomic E-state index is 13.5. The Morgan fingerprint density at radius 2 is 1.68 bits per heavy atom. The second kappa shape index (κ2) is 9.30. The van der Waals surface area contributed by atoms with Crippen LogP contribution in [0.4, 0.5) is 0 Å². The Kier molecular flexibility index (Phi) is 6.49. The lowest BCUT2D eigenvalue weighted by atomic mass is 9.74. The Hall–Kier alpha value is -3.06. The first-order valence-electron chi connectivity index (χ1n) is 12.2. The molecule has 1 heterocycles. The van der Waals surface area contributed by atoms with Gasteiger partial charge in [-0.1, -0.05) is 0 Å². The van der Waals surface area contributed by atoms with Crippen LogP contribution < -0.4 is 4.74 Å². The Balaban J connectivity index is 1.62. The van der Waals surface area contributed by atoms with Gasteiger partial charge in [0.1, 0.15) is 35.6 Å². The van der Waals surface area contributed by atoms with Gasteiger partial charge < -0.3 is 44.5 Å². The first-order chi connectivity index (χ1) is 17.9. The summed E-state index contributed by atoms with van der Waals surface area (Å²) in [5.74, 6) is -2.12. The average Bonchev–Trinajstić information content (AvgIpc) is 2.84. The van der Waals surface area contributed by atoms with Crippen molar-refractivity contribution in [2.75, 3.05) is 14.2 Å². The number of ketones is 2. The number of phenolic OH excluding ortho intramolecular Hbond substituents is 2. The van der Waals surface area contributed by atoms with E-state index in [2.05, 4.69) is 0 Å². The fourth-order valence-corrected chi connectivity index (χ4v) is 5.68. The molecule has 5 N–H and O–H groups in total. The number of aliphatic hydroxyl groups is 3. The number of hydrogen-bond donors (Lipinski definition) is 5. The monoisotopic (exact) mass is 530 g/mol. The van der Waals surface area contributed by atoms with E-state index in [9.17, 15) is 35.1 Å². The summed E-state index contributed by atoms with van der Waals surface area (Å²) in [6, 6.07) is 4.01. The van der Waals surface area contributed by atoms with E-state index >= 15 is 0 Å². The molecule has 1 aliphatic heterocycles. The number of rotatable bonds is 4. The van der Waals surface area contributed by atoms with Crippen molar-refractivity contribution < 1.29 is 54.1 Å². The number of carbonyl (C=O) groups excluding carboxylic acids is 2. The van der Waals surface area contributed by atoms with Crippen LogP contribution in [0, 0.1) is 0 Å². The maximum atomic E-state index is 13.5. The van der Waals surface area contributed by atoms with Gasteiger partial charge in [-0.3, -0.25) is 9.59 Å². The van der Waals surface area contributed by atoms with Crippen LogP contribution in [0.1, 0.15) is 69.3 Å². The zero-order valence-electron chi connectivity index (χ0n) is 21.3. The molecule has 0 amide bonds. The molecule has 11 heteroatoms. The van der Waals surface area contributed by atoms with Gasteiger partial charge in [0.05, 0.1) is 36.0 Å². The molecule has 7 atom stereocenters. The number of aliphatic hydroxyl groups excluding tert-OH is 2. The molecule has 1 fully saturated rings. The normalized spacial score (nSPS) is 32.4. The van der Waals surface area contributed by atoms with Gasteiger partial charge in [-0.15, -0.1) is 0 Å². The summed E-state index contributed by atoms with van der Waals surface area (Å²) >= 11 is 0. The lowest BCUT2D eigenvalue weighted by Crippen LogP contribution is -2.58. The van der Waals surface area contributed by atoms with Crippen LogP contribution >= 0.6 is 0 Å². The number of methoxy groups -OCH3 is 2. The summed E-state index contributed by atoms with van der Waals surface area (Å²) in [6.45, 7) is 3.13. The van der Waals surface area contributed by atoms with Gasteiger partial charge in [0, 0.05) is 42.7 Å². The van der Waals surface area contributed by atoms with Crippen molar-refractivity contribution >= 4 is 11.6 Å². The van der Waals surface area contributed by atoms with Crippen molar-refractivity contribution in [2.45, 2.75) is 69.1 Å². The Morgan fingerprint density at radius 3 is 2.34 bits per heavy atom. The van der Waals surface area contributed by atoms with E-state index in [1.54, 1.807) is 13.8 Å². The molecule has 0 saturated carbocycles. The fourth-order valence-electron chi connectivity index (χ4n) is 5.68. The van der Waals surface area contributed by atoms with Crippen molar-refractivity contribution in [1.29, 1.82) is 0 Å². The van der Waals surface area contributed by atoms with E-state index in [1.165, 1.54) is 32.4 Å². The molecule has 5 unspecified atom stereocenters. The van der Waals surface area contributed by atoms with Crippen molar-refractivity contribution in [3.8, 4) is 17.2 Å². The quantitative estimate of drug-likeness (QED) is 0.327. The summed E-state index contributed by atoms with van der Waals surface area (Å²) in [7, 11) is 2.68. The van der Waals surface area contributed by atoms with E-state index in [4.69, 9.17) is 18.9 Å². The maximum Gasteiger partial charge on any atom is 0.201 e. The molecule has 2 aromatic carbocycles. The molecule has 11 nitrogen and oxygen atoms in total. The lowest BCUT2D eigenvalue weighted by Gasteiger charge is -2.44. The third-order valence-electron chi connectivity index (χ3n) is 7.57. The topological polar surface area (TPSA) is 172 Å². The van der Waals surface area contributed by atoms with Crippen molar-refractivity contribution in [3.63, 3.8) is 0 Å². The summed E-state index contributed by atoms with van der Waals surface area (Å²) in [4.78, 5) is 27.0. The highest BCUT2D eigenvalue weighted by Gasteiger charge is 2.48. The highest BCUT2D eigenvalue weighted by molar-refractivity contribution is 6.30. The molecule has 204 valence electrons. The fraction of sp³-hybridized carbons (Fsp3) is 0.481. The smallest absolute Gasteiger partial charge is 0.201 e. The summed E-state index contributed by atoms with van der Waals surface area (Å²) in [5, 5.41) is 53.7. The molecule has 1 saturated heterocycles. The summed E-state index contributed by atoms with van der Waals surface area (Å²) < 4.78 is 22.3. The van der Waals surface area contributed by atoms with Crippen LogP contribution in [0.2, 0.25) is 0 Å². The molecule has 0 radical (unpaired) electrons. The second-order valence-corrected chi connectivity index (χ2v) is 10.3. The number of phenols is 2. The van der Waals surface area contributed by atoms with E-state index in [1.807, 2.05) is 0 Å². The van der Waals surface area contributed by atoms with Crippen LogP contribution in [0.15, 0.2) is 18.2 Å². The first-order valence-corrected chi connectivity index (χ1v) is 12.2. The van der Waals surface area contributed by atoms with Gasteiger partial charge in [0.2, 0.25) is 5.78 Å². The van der Waals surface area contributed by atoms with Crippen LogP contribution in [-0.4, -0.2) is 87.6 Å². The van der Waals surface area contributed by atoms with Gasteiger partial charge >= 0.3 is 0 Å². The minimum absolute atomic E-state index is 0.0170. The molecule has 2 aliphatic carbocycles. The number of carbonyl (C=O) groups is 2. The van der Waals surface area contributed by atoms with Crippen LogP contribution in [0.3, 0.4) is 0 Å². The predicted molar refractivity (Wildman–Crippen MR) is 130 cm³/mol. The number of benzene rings is 2. The summed E-state index contributed by atoms with van der Waals surface area (Å²) in [6.07, 6.45) is -6.64. The van der Waals surface area contributed by atoms with Crippen LogP contribution in [0.25, 0.3) is 0 Å². The zero-order chi connectivity index (χ0) is 27.7. The van der Waals surface area contributed by atoms with Gasteiger partial charge in [0.15, 0.2) is 12.1 Å². The molecule has 3 aliphatic rings. The third kappa shape index (κ3) is 4.06. The zero-order valence-corrected chi connectivity index (χ0v) is 21.3. The number of hydrogen-bond acceptors (Lipinski definition) is 11. The highest BCUT2D eigenvalue weighted by Crippen LogP contribution is 2.48. The van der Waals surface area contributed by atoms with E-state index in [0.29, 0.717) is 5.56 Å². The van der Waals surface area contributed by atoms with E-state index < -0.39 is 65.5 Å².